The molecule has 0 saturated heterocycles. The van der Waals surface area contributed by atoms with E-state index in [4.69, 9.17) is 9.88 Å². The van der Waals surface area contributed by atoms with Gasteiger partial charge in [-0.3, -0.25) is 10.1 Å². The minimum absolute atomic E-state index is 0.142. The molecule has 1 aromatic heterocycles. The van der Waals surface area contributed by atoms with Crippen LogP contribution in [0.25, 0.3) is 0 Å². The van der Waals surface area contributed by atoms with E-state index < -0.39 is 34.2 Å². The Kier molecular flexibility index (Phi) is 5.15. The summed E-state index contributed by atoms with van der Waals surface area (Å²) in [5.41, 5.74) is -0.142. The van der Waals surface area contributed by atoms with Gasteiger partial charge in [-0.05, 0) is 32.4 Å². The quantitative estimate of drug-likeness (QED) is 0.909. The zero-order chi connectivity index (χ0) is 15.6. The topological polar surface area (TPSA) is 65.2 Å². The molecule has 0 radical (unpaired) electrons. The summed E-state index contributed by atoms with van der Waals surface area (Å²) in [5, 5.41) is 5.25. The fourth-order valence-electron chi connectivity index (χ4n) is 1.68. The van der Waals surface area contributed by atoms with Gasteiger partial charge in [0.15, 0.2) is 0 Å². The lowest BCUT2D eigenvalue weighted by Crippen LogP contribution is -2.37. The molecule has 0 aliphatic heterocycles. The summed E-state index contributed by atoms with van der Waals surface area (Å²) in [6.45, 7) is 2.87. The van der Waals surface area contributed by atoms with Crippen molar-refractivity contribution in [1.82, 2.24) is 4.98 Å². The van der Waals surface area contributed by atoms with Crippen LogP contribution in [0.3, 0.4) is 0 Å². The highest BCUT2D eigenvalue weighted by Crippen LogP contribution is 2.40. The summed E-state index contributed by atoms with van der Waals surface area (Å²) in [4.78, 5) is 3.78. The van der Waals surface area contributed by atoms with Crippen LogP contribution in [-0.4, -0.2) is 27.2 Å². The lowest BCUT2D eigenvalue weighted by atomic mass is 9.92. The molecule has 0 spiro atoms. The van der Waals surface area contributed by atoms with E-state index in [0.717, 1.165) is 0 Å². The molecule has 0 aliphatic carbocycles. The number of hydrogen-bond donors (Lipinski definition) is 1. The van der Waals surface area contributed by atoms with Gasteiger partial charge in [-0.2, -0.15) is 13.2 Å². The largest absolute Gasteiger partial charge is 0.495 e. The molecular weight excluding hydrogens is 293 g/mol. The summed E-state index contributed by atoms with van der Waals surface area (Å²) < 4.78 is 54.6. The van der Waals surface area contributed by atoms with Gasteiger partial charge in [0.2, 0.25) is 0 Å². The molecule has 0 saturated carbocycles. The van der Waals surface area contributed by atoms with Crippen molar-refractivity contribution in [2.24, 2.45) is 5.14 Å². The lowest BCUT2D eigenvalue weighted by molar-refractivity contribution is -0.154. The van der Waals surface area contributed by atoms with Crippen molar-refractivity contribution >= 4 is 11.0 Å². The molecule has 2 N–H and O–H groups in total. The highest BCUT2D eigenvalue weighted by Gasteiger charge is 2.45. The second-order valence-electron chi connectivity index (χ2n) is 4.98. The second-order valence-corrected chi connectivity index (χ2v) is 6.68. The van der Waals surface area contributed by atoms with Crippen molar-refractivity contribution < 1.29 is 22.1 Å². The number of methoxy groups -OCH3 is 1. The minimum atomic E-state index is -4.49. The molecule has 0 fully saturated rings. The third-order valence-corrected chi connectivity index (χ3v) is 4.24. The highest BCUT2D eigenvalue weighted by molar-refractivity contribution is 7.84. The van der Waals surface area contributed by atoms with Gasteiger partial charge in [0.1, 0.15) is 5.75 Å². The zero-order valence-corrected chi connectivity index (χ0v) is 12.2. The first-order valence-corrected chi connectivity index (χ1v) is 7.02. The monoisotopic (exact) mass is 310 g/mol. The number of alkyl halides is 3. The Bertz CT molecular complexity index is 475. The molecule has 0 aliphatic rings. The van der Waals surface area contributed by atoms with E-state index >= 15 is 0 Å². The van der Waals surface area contributed by atoms with Gasteiger partial charge in [-0.25, -0.2) is 4.21 Å². The van der Waals surface area contributed by atoms with Crippen LogP contribution in [-0.2, 0) is 11.0 Å². The fourth-order valence-corrected chi connectivity index (χ4v) is 2.01. The van der Waals surface area contributed by atoms with Gasteiger partial charge in [-0.15, -0.1) is 0 Å². The van der Waals surface area contributed by atoms with Crippen LogP contribution < -0.4 is 9.88 Å². The first-order chi connectivity index (χ1) is 9.08. The number of halogens is 3. The van der Waals surface area contributed by atoms with Gasteiger partial charge in [0.25, 0.3) is 0 Å². The average molecular weight is 310 g/mol. The summed E-state index contributed by atoms with van der Waals surface area (Å²) in [6, 6.07) is 2.67. The lowest BCUT2D eigenvalue weighted by Gasteiger charge is -2.28. The molecule has 0 bridgehead atoms. The van der Waals surface area contributed by atoms with Crippen LogP contribution in [0.4, 0.5) is 13.2 Å². The van der Waals surface area contributed by atoms with Crippen LogP contribution in [0.5, 0.6) is 5.75 Å². The Morgan fingerprint density at radius 3 is 2.35 bits per heavy atom. The highest BCUT2D eigenvalue weighted by atomic mass is 32.2. The first kappa shape index (κ1) is 16.9. The predicted molar refractivity (Wildman–Crippen MR) is 70.6 cm³/mol. The van der Waals surface area contributed by atoms with Gasteiger partial charge in [0, 0.05) is 0 Å². The van der Waals surface area contributed by atoms with Gasteiger partial charge in [0.05, 0.1) is 40.7 Å². The number of ether oxygens (including phenoxy) is 1. The Hall–Kier alpha value is -1.15. The molecule has 4 nitrogen and oxygen atoms in total. The molecule has 1 rings (SSSR count). The van der Waals surface area contributed by atoms with Crippen molar-refractivity contribution in [2.45, 2.75) is 37.1 Å². The maximum Gasteiger partial charge on any atom is 0.397 e. The van der Waals surface area contributed by atoms with Crippen molar-refractivity contribution in [1.29, 1.82) is 0 Å². The van der Waals surface area contributed by atoms with Crippen molar-refractivity contribution in [3.05, 3.63) is 24.0 Å². The molecular formula is C12H17F3N2O2S. The summed E-state index contributed by atoms with van der Waals surface area (Å²) in [7, 11) is -0.462. The molecule has 2 atom stereocenters. The predicted octanol–water partition coefficient (Wildman–Crippen LogP) is 2.53. The molecule has 1 heterocycles. The molecule has 0 aromatic carbocycles. The van der Waals surface area contributed by atoms with Crippen LogP contribution in [0.15, 0.2) is 18.3 Å². The number of nitrogens with zero attached hydrogens (tertiary/aromatic N) is 1. The number of rotatable bonds is 5. The number of hydrogen-bond acceptors (Lipinski definition) is 3. The molecule has 0 amide bonds. The maximum absolute atomic E-state index is 13.2. The fraction of sp³-hybridized carbons (Fsp3) is 0.583. The molecule has 8 heteroatoms. The van der Waals surface area contributed by atoms with Gasteiger partial charge >= 0.3 is 6.18 Å². The third-order valence-electron chi connectivity index (χ3n) is 2.99. The molecule has 20 heavy (non-hydrogen) atoms. The van der Waals surface area contributed by atoms with Crippen LogP contribution in [0.2, 0.25) is 0 Å². The smallest absolute Gasteiger partial charge is 0.397 e. The summed E-state index contributed by atoms with van der Waals surface area (Å²) >= 11 is 0. The van der Waals surface area contributed by atoms with Crippen molar-refractivity contribution in [3.63, 3.8) is 0 Å². The molecule has 1 aromatic rings. The second kappa shape index (κ2) is 6.09. The van der Waals surface area contributed by atoms with E-state index in [1.165, 1.54) is 39.3 Å². The first-order valence-electron chi connectivity index (χ1n) is 5.81. The third kappa shape index (κ3) is 4.17. The van der Waals surface area contributed by atoms with Crippen LogP contribution in [0.1, 0.15) is 31.9 Å². The number of aromatic nitrogens is 1. The molecule has 0 unspecified atom stereocenters. The Balaban J connectivity index is 3.10. The normalized spacial score (nSPS) is 15.8. The Labute approximate surface area is 118 Å². The van der Waals surface area contributed by atoms with Gasteiger partial charge < -0.3 is 4.74 Å². The minimum Gasteiger partial charge on any atom is -0.495 e. The van der Waals surface area contributed by atoms with Crippen molar-refractivity contribution in [3.8, 4) is 5.75 Å². The molecule has 114 valence electrons. The Morgan fingerprint density at radius 1 is 1.40 bits per heavy atom. The van der Waals surface area contributed by atoms with Crippen LogP contribution in [0, 0.1) is 0 Å². The zero-order valence-electron chi connectivity index (χ0n) is 11.4. The summed E-state index contributed by atoms with van der Waals surface area (Å²) in [6.07, 6.45) is -3.67. The van der Waals surface area contributed by atoms with E-state index in [0.29, 0.717) is 5.75 Å². The van der Waals surface area contributed by atoms with E-state index in [-0.39, 0.29) is 5.69 Å². The van der Waals surface area contributed by atoms with E-state index in [1.54, 1.807) is 0 Å². The Morgan fingerprint density at radius 2 is 2.00 bits per heavy atom. The number of pyridine rings is 1. The standard InChI is InChI=1S/C12H17F3N2O2S/c1-11(2,20(16)18)6-9(12(13,14)15)10-5-4-8(19-3)7-17-10/h4-5,7,9H,6,16H2,1-3H3/t9-,20+/m0/s1. The van der Waals surface area contributed by atoms with Crippen molar-refractivity contribution in [2.75, 3.05) is 7.11 Å². The maximum atomic E-state index is 13.2. The average Bonchev–Trinajstić information content (AvgIpc) is 2.35. The van der Waals surface area contributed by atoms with E-state index in [9.17, 15) is 17.4 Å². The summed E-state index contributed by atoms with van der Waals surface area (Å²) in [5.74, 6) is -1.45. The van der Waals surface area contributed by atoms with Gasteiger partial charge in [-0.1, -0.05) is 0 Å². The SMILES string of the molecule is COc1ccc([C@H](CC(C)(C)[S@](N)=O)C(F)(F)F)nc1. The van der Waals surface area contributed by atoms with Crippen LogP contribution >= 0.6 is 0 Å². The number of nitrogens with two attached hydrogens (primary N) is 1. The van der Waals surface area contributed by atoms with E-state index in [2.05, 4.69) is 4.98 Å². The van der Waals surface area contributed by atoms with E-state index in [1.807, 2.05) is 0 Å².